The Kier molecular flexibility index (Phi) is 5.25. The average molecular weight is 364 g/mol. The summed E-state index contributed by atoms with van der Waals surface area (Å²) in [6, 6.07) is 8.35. The molecule has 3 aromatic heterocycles. The molecule has 3 aromatic rings. The number of hydrogen-bond donors (Lipinski definition) is 3. The predicted octanol–water partition coefficient (Wildman–Crippen LogP) is 3.63. The molecule has 0 unspecified atom stereocenters. The highest BCUT2D eigenvalue weighted by molar-refractivity contribution is 5.89. The summed E-state index contributed by atoms with van der Waals surface area (Å²) in [5, 5.41) is 8.12. The van der Waals surface area contributed by atoms with E-state index in [4.69, 9.17) is 0 Å². The highest BCUT2D eigenvalue weighted by atomic mass is 15.1. The van der Waals surface area contributed by atoms with Gasteiger partial charge >= 0.3 is 0 Å². The first-order valence-corrected chi connectivity index (χ1v) is 9.73. The van der Waals surface area contributed by atoms with Crippen LogP contribution in [-0.4, -0.2) is 46.5 Å². The molecule has 0 bridgehead atoms. The lowest BCUT2D eigenvalue weighted by Gasteiger charge is -2.29. The second kappa shape index (κ2) is 7.96. The van der Waals surface area contributed by atoms with E-state index in [-0.39, 0.29) is 0 Å². The Bertz CT molecular complexity index is 877. The molecule has 0 atom stereocenters. The Labute approximate surface area is 160 Å². The molecule has 0 aliphatic carbocycles. The molecule has 1 fully saturated rings. The normalized spacial score (nSPS) is 15.9. The fourth-order valence-corrected chi connectivity index (χ4v) is 3.66. The van der Waals surface area contributed by atoms with Crippen molar-refractivity contribution in [3.05, 3.63) is 47.9 Å². The van der Waals surface area contributed by atoms with Gasteiger partial charge < -0.3 is 20.5 Å². The van der Waals surface area contributed by atoms with Crippen LogP contribution in [0.5, 0.6) is 0 Å². The van der Waals surface area contributed by atoms with Gasteiger partial charge in [-0.15, -0.1) is 0 Å². The van der Waals surface area contributed by atoms with E-state index in [1.807, 2.05) is 25.4 Å². The summed E-state index contributed by atoms with van der Waals surface area (Å²) in [4.78, 5) is 14.6. The third-order valence-corrected chi connectivity index (χ3v) is 5.38. The van der Waals surface area contributed by atoms with E-state index in [9.17, 15) is 0 Å². The van der Waals surface area contributed by atoms with Gasteiger partial charge in [0.05, 0.1) is 0 Å². The molecule has 0 amide bonds. The zero-order chi connectivity index (χ0) is 18.6. The summed E-state index contributed by atoms with van der Waals surface area (Å²) in [5.41, 5.74) is 4.29. The van der Waals surface area contributed by atoms with Crippen LogP contribution in [0.4, 0.5) is 11.5 Å². The van der Waals surface area contributed by atoms with Crippen molar-refractivity contribution < 1.29 is 0 Å². The first-order valence-electron chi connectivity index (χ1n) is 9.73. The molecule has 1 saturated heterocycles. The minimum atomic E-state index is 0.742. The van der Waals surface area contributed by atoms with E-state index in [0.717, 1.165) is 52.8 Å². The molecule has 1 aliphatic heterocycles. The van der Waals surface area contributed by atoms with Gasteiger partial charge in [0, 0.05) is 42.3 Å². The summed E-state index contributed by atoms with van der Waals surface area (Å²) in [7, 11) is 2.20. The van der Waals surface area contributed by atoms with Crippen molar-refractivity contribution in [2.24, 2.45) is 5.92 Å². The van der Waals surface area contributed by atoms with E-state index in [0.29, 0.717) is 0 Å². The minimum absolute atomic E-state index is 0.742. The van der Waals surface area contributed by atoms with E-state index in [1.165, 1.54) is 25.9 Å². The van der Waals surface area contributed by atoms with Gasteiger partial charge in [-0.25, -0.2) is 9.97 Å². The zero-order valence-corrected chi connectivity index (χ0v) is 16.1. The van der Waals surface area contributed by atoms with Crippen LogP contribution in [-0.2, 0) is 6.54 Å². The van der Waals surface area contributed by atoms with Crippen LogP contribution in [0.15, 0.2) is 36.7 Å². The van der Waals surface area contributed by atoms with Gasteiger partial charge in [-0.05, 0) is 69.6 Å². The monoisotopic (exact) mass is 364 g/mol. The molecular weight excluding hydrogens is 336 g/mol. The minimum Gasteiger partial charge on any atom is -0.380 e. The number of anilines is 2. The zero-order valence-electron chi connectivity index (χ0n) is 16.1. The lowest BCUT2D eigenvalue weighted by molar-refractivity contribution is 0.226. The molecule has 1 aliphatic rings. The molecule has 0 saturated carbocycles. The predicted molar refractivity (Wildman–Crippen MR) is 111 cm³/mol. The highest BCUT2D eigenvalue weighted by Crippen LogP contribution is 2.23. The number of rotatable bonds is 6. The summed E-state index contributed by atoms with van der Waals surface area (Å²) in [5.74, 6) is 1.72. The molecule has 4 heterocycles. The molecule has 4 rings (SSSR count). The van der Waals surface area contributed by atoms with Gasteiger partial charge in [-0.2, -0.15) is 0 Å². The molecular formula is C21H28N6. The molecule has 27 heavy (non-hydrogen) atoms. The van der Waals surface area contributed by atoms with E-state index in [2.05, 4.69) is 55.7 Å². The molecule has 142 valence electrons. The second-order valence-electron chi connectivity index (χ2n) is 7.61. The number of nitrogens with one attached hydrogen (secondary N) is 3. The molecule has 0 radical (unpaired) electrons. The van der Waals surface area contributed by atoms with Crippen LogP contribution < -0.4 is 10.6 Å². The van der Waals surface area contributed by atoms with Crippen LogP contribution in [0.3, 0.4) is 0 Å². The lowest BCUT2D eigenvalue weighted by Crippen LogP contribution is -2.33. The van der Waals surface area contributed by atoms with Crippen molar-refractivity contribution >= 4 is 22.5 Å². The number of aromatic nitrogens is 3. The van der Waals surface area contributed by atoms with Gasteiger partial charge in [-0.3, -0.25) is 0 Å². The summed E-state index contributed by atoms with van der Waals surface area (Å²) in [6.45, 7) is 6.21. The summed E-state index contributed by atoms with van der Waals surface area (Å²) >= 11 is 0. The number of nitrogens with zero attached hydrogens (tertiary/aromatic N) is 3. The van der Waals surface area contributed by atoms with Crippen LogP contribution in [0, 0.1) is 12.8 Å². The largest absolute Gasteiger partial charge is 0.380 e. The fraction of sp³-hybridized carbons (Fsp3) is 0.429. The van der Waals surface area contributed by atoms with Crippen molar-refractivity contribution in [1.29, 1.82) is 0 Å². The van der Waals surface area contributed by atoms with Crippen LogP contribution in [0.25, 0.3) is 11.0 Å². The third kappa shape index (κ3) is 4.39. The Morgan fingerprint density at radius 2 is 2.00 bits per heavy atom. The average Bonchev–Trinajstić information content (AvgIpc) is 3.07. The topological polar surface area (TPSA) is 68.9 Å². The van der Waals surface area contributed by atoms with Gasteiger partial charge in [0.2, 0.25) is 0 Å². The first kappa shape index (κ1) is 17.8. The van der Waals surface area contributed by atoms with Crippen molar-refractivity contribution in [2.75, 3.05) is 37.3 Å². The summed E-state index contributed by atoms with van der Waals surface area (Å²) < 4.78 is 0. The SMILES string of the molecule is Cc1cc2c(NCc3ccc(NCC4CCN(C)CC4)nc3)ccnc2[nH]1. The highest BCUT2D eigenvalue weighted by Gasteiger charge is 2.16. The number of aryl methyl sites for hydroxylation is 1. The number of likely N-dealkylation sites (tertiary alicyclic amines) is 1. The number of pyridine rings is 2. The third-order valence-electron chi connectivity index (χ3n) is 5.38. The van der Waals surface area contributed by atoms with Crippen molar-refractivity contribution in [1.82, 2.24) is 19.9 Å². The number of hydrogen-bond acceptors (Lipinski definition) is 5. The van der Waals surface area contributed by atoms with Gasteiger partial charge in [0.15, 0.2) is 0 Å². The second-order valence-corrected chi connectivity index (χ2v) is 7.61. The quantitative estimate of drug-likeness (QED) is 0.623. The van der Waals surface area contributed by atoms with Gasteiger partial charge in [-0.1, -0.05) is 6.07 Å². The van der Waals surface area contributed by atoms with Gasteiger partial charge in [0.25, 0.3) is 0 Å². The lowest BCUT2D eigenvalue weighted by atomic mass is 9.97. The number of H-pyrrole nitrogens is 1. The number of piperidine rings is 1. The molecule has 6 heteroatoms. The van der Waals surface area contributed by atoms with Crippen molar-refractivity contribution in [3.63, 3.8) is 0 Å². The van der Waals surface area contributed by atoms with E-state index >= 15 is 0 Å². The van der Waals surface area contributed by atoms with Crippen LogP contribution in [0.1, 0.15) is 24.1 Å². The molecule has 0 aromatic carbocycles. The Morgan fingerprint density at radius 1 is 1.15 bits per heavy atom. The van der Waals surface area contributed by atoms with Gasteiger partial charge in [0.1, 0.15) is 11.5 Å². The van der Waals surface area contributed by atoms with Crippen molar-refractivity contribution in [2.45, 2.75) is 26.3 Å². The van der Waals surface area contributed by atoms with Crippen molar-refractivity contribution in [3.8, 4) is 0 Å². The maximum Gasteiger partial charge on any atom is 0.139 e. The van der Waals surface area contributed by atoms with E-state index in [1.54, 1.807) is 0 Å². The van der Waals surface area contributed by atoms with E-state index < -0.39 is 0 Å². The molecule has 6 nitrogen and oxygen atoms in total. The number of aromatic amines is 1. The Hall–Kier alpha value is -2.60. The summed E-state index contributed by atoms with van der Waals surface area (Å²) in [6.07, 6.45) is 6.31. The Balaban J connectivity index is 1.31. The Morgan fingerprint density at radius 3 is 2.78 bits per heavy atom. The maximum atomic E-state index is 4.58. The van der Waals surface area contributed by atoms with Crippen LogP contribution >= 0.6 is 0 Å². The van der Waals surface area contributed by atoms with Crippen LogP contribution in [0.2, 0.25) is 0 Å². The fourth-order valence-electron chi connectivity index (χ4n) is 3.66. The smallest absolute Gasteiger partial charge is 0.139 e. The molecule has 3 N–H and O–H groups in total. The first-order chi connectivity index (χ1) is 13.2. The standard InChI is InChI=1S/C21H28N6/c1-15-11-18-19(5-8-22-21(18)26-15)23-13-17-3-4-20(25-14-17)24-12-16-6-9-27(2)10-7-16/h3-5,8,11,14,16H,6-7,9-10,12-13H2,1-2H3,(H,24,25)(H2,22,23,26). The maximum absolute atomic E-state index is 4.58. The number of fused-ring (bicyclic) bond motifs is 1. The molecule has 0 spiro atoms.